The number of likely N-dealkylation sites (tertiary alicyclic amines) is 1. The second kappa shape index (κ2) is 7.67. The molecule has 1 saturated heterocycles. The molecule has 1 aromatic carbocycles. The third-order valence-corrected chi connectivity index (χ3v) is 4.69. The number of nitrogens with zero attached hydrogens (tertiary/aromatic N) is 3. The molecule has 0 saturated carbocycles. The molecule has 7 heteroatoms. The van der Waals surface area contributed by atoms with Crippen LogP contribution in [0, 0.1) is 0 Å². The van der Waals surface area contributed by atoms with Gasteiger partial charge in [0.1, 0.15) is 0 Å². The van der Waals surface area contributed by atoms with Gasteiger partial charge in [0, 0.05) is 25.5 Å². The molecule has 3 aromatic rings. The molecule has 7 nitrogen and oxygen atoms in total. The zero-order valence-electron chi connectivity index (χ0n) is 14.8. The third kappa shape index (κ3) is 3.88. The Morgan fingerprint density at radius 1 is 1.26 bits per heavy atom. The smallest absolute Gasteiger partial charge is 0.289 e. The average molecular weight is 364 g/mol. The minimum Gasteiger partial charge on any atom is -0.372 e. The molecule has 0 aliphatic carbocycles. The normalized spacial score (nSPS) is 17.2. The maximum Gasteiger partial charge on any atom is 0.289 e. The highest BCUT2D eigenvalue weighted by molar-refractivity contribution is 5.92. The van der Waals surface area contributed by atoms with Crippen LogP contribution < -0.4 is 5.56 Å². The van der Waals surface area contributed by atoms with Gasteiger partial charge in [-0.2, -0.15) is 0 Å². The van der Waals surface area contributed by atoms with Crippen molar-refractivity contribution in [3.05, 3.63) is 70.5 Å². The summed E-state index contributed by atoms with van der Waals surface area (Å²) < 4.78 is 5.95. The highest BCUT2D eigenvalue weighted by Crippen LogP contribution is 2.17. The molecule has 1 amide bonds. The molecule has 2 aromatic heterocycles. The molecule has 0 bridgehead atoms. The number of benzene rings is 1. The maximum atomic E-state index is 12.8. The first-order valence-electron chi connectivity index (χ1n) is 8.99. The van der Waals surface area contributed by atoms with E-state index < -0.39 is 0 Å². The van der Waals surface area contributed by atoms with E-state index in [4.69, 9.17) is 4.74 Å². The van der Waals surface area contributed by atoms with Crippen LogP contribution in [0.2, 0.25) is 0 Å². The molecule has 0 spiro atoms. The van der Waals surface area contributed by atoms with Crippen molar-refractivity contribution in [2.75, 3.05) is 13.1 Å². The molecule has 1 aliphatic rings. The van der Waals surface area contributed by atoms with Gasteiger partial charge in [-0.3, -0.25) is 14.6 Å². The number of carbonyl (C=O) groups excluding carboxylic acids is 1. The monoisotopic (exact) mass is 364 g/mol. The molecule has 4 rings (SSSR count). The number of H-pyrrole nitrogens is 1. The van der Waals surface area contributed by atoms with E-state index in [1.54, 1.807) is 41.6 Å². The predicted molar refractivity (Wildman–Crippen MR) is 100 cm³/mol. The molecule has 0 radical (unpaired) electrons. The van der Waals surface area contributed by atoms with E-state index in [9.17, 15) is 9.59 Å². The summed E-state index contributed by atoms with van der Waals surface area (Å²) in [6.45, 7) is 1.57. The number of nitrogens with one attached hydrogen (secondary N) is 1. The van der Waals surface area contributed by atoms with Crippen molar-refractivity contribution in [3.63, 3.8) is 0 Å². The van der Waals surface area contributed by atoms with Gasteiger partial charge < -0.3 is 14.6 Å². The lowest BCUT2D eigenvalue weighted by atomic mass is 10.1. The van der Waals surface area contributed by atoms with Crippen molar-refractivity contribution in [1.82, 2.24) is 19.9 Å². The number of rotatable bonds is 4. The van der Waals surface area contributed by atoms with Gasteiger partial charge in [-0.05, 0) is 36.6 Å². The minimum absolute atomic E-state index is 0.0462. The number of carbonyl (C=O) groups is 1. The lowest BCUT2D eigenvalue weighted by Crippen LogP contribution is -2.44. The topological polar surface area (TPSA) is 88.2 Å². The van der Waals surface area contributed by atoms with Gasteiger partial charge in [0.05, 0.1) is 23.6 Å². The standard InChI is InChI=1S/C20H20N4O3/c25-19-16-7-1-2-8-17(16)22-18(23-19)20(26)24-10-4-6-15(12-24)27-13-14-5-3-9-21-11-14/h1-3,5,7-9,11,15H,4,6,10,12-13H2,(H,22,23,25)/t15-/m1/s1. The minimum atomic E-state index is -0.301. The second-order valence-electron chi connectivity index (χ2n) is 6.62. The van der Waals surface area contributed by atoms with Crippen molar-refractivity contribution in [1.29, 1.82) is 0 Å². The van der Waals surface area contributed by atoms with Gasteiger partial charge in [-0.1, -0.05) is 18.2 Å². The Morgan fingerprint density at radius 3 is 3.00 bits per heavy atom. The van der Waals surface area contributed by atoms with Gasteiger partial charge in [0.2, 0.25) is 0 Å². The maximum absolute atomic E-state index is 12.8. The summed E-state index contributed by atoms with van der Waals surface area (Å²) in [6, 6.07) is 10.8. The third-order valence-electron chi connectivity index (χ3n) is 4.69. The van der Waals surface area contributed by atoms with Crippen LogP contribution in [-0.4, -0.2) is 45.0 Å². The Bertz CT molecular complexity index is 1000. The first-order chi connectivity index (χ1) is 13.2. The van der Waals surface area contributed by atoms with Crippen LogP contribution in [0.1, 0.15) is 29.0 Å². The van der Waals surface area contributed by atoms with Crippen molar-refractivity contribution in [2.24, 2.45) is 0 Å². The number of para-hydroxylation sites is 1. The van der Waals surface area contributed by atoms with E-state index in [2.05, 4.69) is 15.0 Å². The molecule has 1 fully saturated rings. The number of pyridine rings is 1. The van der Waals surface area contributed by atoms with E-state index in [0.717, 1.165) is 18.4 Å². The molecular formula is C20H20N4O3. The fourth-order valence-electron chi connectivity index (χ4n) is 3.29. The number of aromatic nitrogens is 3. The highest BCUT2D eigenvalue weighted by atomic mass is 16.5. The van der Waals surface area contributed by atoms with Crippen LogP contribution in [0.15, 0.2) is 53.6 Å². The number of amides is 1. The zero-order chi connectivity index (χ0) is 18.6. The summed E-state index contributed by atoms with van der Waals surface area (Å²) in [5.74, 6) is -0.195. The molecule has 3 heterocycles. The van der Waals surface area contributed by atoms with E-state index in [0.29, 0.717) is 30.6 Å². The van der Waals surface area contributed by atoms with E-state index >= 15 is 0 Å². The molecule has 1 N–H and O–H groups in total. The Labute approximate surface area is 156 Å². The Balaban J connectivity index is 1.46. The lowest BCUT2D eigenvalue weighted by molar-refractivity contribution is -0.00714. The number of ether oxygens (including phenoxy) is 1. The van der Waals surface area contributed by atoms with Crippen LogP contribution in [-0.2, 0) is 11.3 Å². The van der Waals surface area contributed by atoms with Crippen LogP contribution >= 0.6 is 0 Å². The quantitative estimate of drug-likeness (QED) is 0.766. The van der Waals surface area contributed by atoms with Crippen LogP contribution in [0.3, 0.4) is 0 Å². The lowest BCUT2D eigenvalue weighted by Gasteiger charge is -2.32. The Hall–Kier alpha value is -3.06. The van der Waals surface area contributed by atoms with Crippen molar-refractivity contribution in [3.8, 4) is 0 Å². The SMILES string of the molecule is O=C(c1nc2ccccc2c(=O)[nH]1)N1CCC[C@@H](OCc2cccnc2)C1. The first-order valence-corrected chi connectivity index (χ1v) is 8.99. The summed E-state index contributed by atoms with van der Waals surface area (Å²) in [6.07, 6.45) is 5.19. The predicted octanol–water partition coefficient (Wildman–Crippen LogP) is 2.14. The van der Waals surface area contributed by atoms with Gasteiger partial charge >= 0.3 is 0 Å². The van der Waals surface area contributed by atoms with Gasteiger partial charge in [-0.25, -0.2) is 4.98 Å². The van der Waals surface area contributed by atoms with Gasteiger partial charge in [-0.15, -0.1) is 0 Å². The summed E-state index contributed by atoms with van der Waals surface area (Å²) in [7, 11) is 0. The summed E-state index contributed by atoms with van der Waals surface area (Å²) in [5, 5.41) is 0.477. The second-order valence-corrected chi connectivity index (χ2v) is 6.62. The molecule has 1 atom stereocenters. The van der Waals surface area contributed by atoms with E-state index in [1.807, 2.05) is 12.1 Å². The van der Waals surface area contributed by atoms with Crippen LogP contribution in [0.25, 0.3) is 10.9 Å². The molecular weight excluding hydrogens is 344 g/mol. The molecule has 27 heavy (non-hydrogen) atoms. The Kier molecular flexibility index (Phi) is 4.93. The van der Waals surface area contributed by atoms with Gasteiger partial charge in [0.15, 0.2) is 5.82 Å². The van der Waals surface area contributed by atoms with Crippen molar-refractivity contribution >= 4 is 16.8 Å². The molecule has 138 valence electrons. The number of aromatic amines is 1. The molecule has 1 aliphatic heterocycles. The first kappa shape index (κ1) is 17.4. The Morgan fingerprint density at radius 2 is 2.15 bits per heavy atom. The number of hydrogen-bond acceptors (Lipinski definition) is 5. The summed E-state index contributed by atoms with van der Waals surface area (Å²) in [4.78, 5) is 37.8. The van der Waals surface area contributed by atoms with Gasteiger partial charge in [0.25, 0.3) is 11.5 Å². The fourth-order valence-corrected chi connectivity index (χ4v) is 3.29. The van der Waals surface area contributed by atoms with Crippen LogP contribution in [0.5, 0.6) is 0 Å². The van der Waals surface area contributed by atoms with E-state index in [-0.39, 0.29) is 23.4 Å². The zero-order valence-corrected chi connectivity index (χ0v) is 14.8. The largest absolute Gasteiger partial charge is 0.372 e. The summed E-state index contributed by atoms with van der Waals surface area (Å²) in [5.41, 5.74) is 1.22. The molecule has 0 unspecified atom stereocenters. The van der Waals surface area contributed by atoms with Crippen molar-refractivity contribution in [2.45, 2.75) is 25.6 Å². The number of hydrogen-bond donors (Lipinski definition) is 1. The van der Waals surface area contributed by atoms with Crippen molar-refractivity contribution < 1.29 is 9.53 Å². The number of piperidine rings is 1. The number of fused-ring (bicyclic) bond motifs is 1. The fraction of sp³-hybridized carbons (Fsp3) is 0.300. The highest BCUT2D eigenvalue weighted by Gasteiger charge is 2.26. The van der Waals surface area contributed by atoms with E-state index in [1.165, 1.54) is 0 Å². The van der Waals surface area contributed by atoms with Crippen LogP contribution in [0.4, 0.5) is 0 Å². The summed E-state index contributed by atoms with van der Waals surface area (Å²) >= 11 is 0. The average Bonchev–Trinajstić information content (AvgIpc) is 2.73.